The molecule has 2 fully saturated rings. The Hall–Kier alpha value is -3.85. The SMILES string of the molecule is COc1c(CNC(=O)c2cc(C3CC3)nn2C)cccc1OCc1cccc(CN2CCN(C(C)=O)CC2)c1. The van der Waals surface area contributed by atoms with Crippen LogP contribution in [0.3, 0.4) is 0 Å². The molecule has 0 atom stereocenters. The topological polar surface area (TPSA) is 88.9 Å². The Morgan fingerprint density at radius 3 is 2.49 bits per heavy atom. The molecule has 1 aliphatic heterocycles. The molecule has 0 radical (unpaired) electrons. The Morgan fingerprint density at radius 2 is 1.77 bits per heavy atom. The lowest BCUT2D eigenvalue weighted by Gasteiger charge is -2.34. The van der Waals surface area contributed by atoms with Crippen molar-refractivity contribution in [3.63, 3.8) is 0 Å². The van der Waals surface area contributed by atoms with Gasteiger partial charge in [-0.05, 0) is 36.1 Å². The molecule has 1 aromatic heterocycles. The van der Waals surface area contributed by atoms with E-state index in [0.29, 0.717) is 36.3 Å². The first kappa shape index (κ1) is 26.7. The van der Waals surface area contributed by atoms with Gasteiger partial charge in [-0.15, -0.1) is 0 Å². The Morgan fingerprint density at radius 1 is 1.03 bits per heavy atom. The third-order valence-corrected chi connectivity index (χ3v) is 7.44. The van der Waals surface area contributed by atoms with E-state index >= 15 is 0 Å². The average Bonchev–Trinajstić information content (AvgIpc) is 3.72. The van der Waals surface area contributed by atoms with Crippen LogP contribution in [-0.2, 0) is 31.5 Å². The zero-order valence-corrected chi connectivity index (χ0v) is 23.0. The lowest BCUT2D eigenvalue weighted by molar-refractivity contribution is -0.130. The molecule has 5 rings (SSSR count). The maximum absolute atomic E-state index is 12.8. The van der Waals surface area contributed by atoms with Crippen molar-refractivity contribution in [2.24, 2.45) is 7.05 Å². The molecule has 9 heteroatoms. The van der Waals surface area contributed by atoms with Crippen LogP contribution in [0, 0.1) is 0 Å². The zero-order chi connectivity index (χ0) is 27.4. The Kier molecular flexibility index (Phi) is 8.16. The molecule has 2 amide bonds. The Labute approximate surface area is 229 Å². The Bertz CT molecular complexity index is 1320. The molecule has 2 aromatic carbocycles. The van der Waals surface area contributed by atoms with Crippen LogP contribution in [0.25, 0.3) is 0 Å². The van der Waals surface area contributed by atoms with Gasteiger partial charge in [-0.25, -0.2) is 0 Å². The van der Waals surface area contributed by atoms with E-state index in [1.54, 1.807) is 25.8 Å². The van der Waals surface area contributed by atoms with Gasteiger partial charge in [0.15, 0.2) is 11.5 Å². The van der Waals surface area contributed by atoms with E-state index in [4.69, 9.17) is 9.47 Å². The van der Waals surface area contributed by atoms with Gasteiger partial charge in [0.2, 0.25) is 5.91 Å². The fourth-order valence-corrected chi connectivity index (χ4v) is 5.05. The largest absolute Gasteiger partial charge is 0.493 e. The van der Waals surface area contributed by atoms with E-state index in [9.17, 15) is 9.59 Å². The van der Waals surface area contributed by atoms with Gasteiger partial charge in [-0.3, -0.25) is 19.2 Å². The Balaban J connectivity index is 1.18. The van der Waals surface area contributed by atoms with E-state index < -0.39 is 0 Å². The van der Waals surface area contributed by atoms with Gasteiger partial charge in [-0.1, -0.05) is 36.4 Å². The first-order valence-electron chi connectivity index (χ1n) is 13.6. The molecule has 0 unspecified atom stereocenters. The second-order valence-electron chi connectivity index (χ2n) is 10.4. The standard InChI is InChI=1S/C30H37N5O4/c1-21(36)35-14-12-34(13-15-35)19-22-6-4-7-23(16-22)20-39-28-9-5-8-25(29(28)38-3)18-31-30(37)27-17-26(24-10-11-24)32-33(27)2/h4-9,16-17,24H,10-15,18-20H2,1-3H3,(H,31,37). The van der Waals surface area contributed by atoms with Crippen LogP contribution in [0.2, 0.25) is 0 Å². The van der Waals surface area contributed by atoms with Crippen LogP contribution < -0.4 is 14.8 Å². The average molecular weight is 532 g/mol. The molecule has 2 heterocycles. The summed E-state index contributed by atoms with van der Waals surface area (Å²) >= 11 is 0. The third-order valence-electron chi connectivity index (χ3n) is 7.44. The minimum Gasteiger partial charge on any atom is -0.493 e. The number of amides is 2. The van der Waals surface area contributed by atoms with Crippen molar-refractivity contribution >= 4 is 11.8 Å². The van der Waals surface area contributed by atoms with E-state index in [-0.39, 0.29) is 11.8 Å². The summed E-state index contributed by atoms with van der Waals surface area (Å²) in [6.45, 7) is 6.50. The molecule has 1 saturated heterocycles. The summed E-state index contributed by atoms with van der Waals surface area (Å²) in [5.41, 5.74) is 4.68. The summed E-state index contributed by atoms with van der Waals surface area (Å²) in [6, 6.07) is 16.0. The maximum atomic E-state index is 12.8. The molecule has 9 nitrogen and oxygen atoms in total. The second-order valence-corrected chi connectivity index (χ2v) is 10.4. The first-order chi connectivity index (χ1) is 18.9. The molecule has 0 spiro atoms. The van der Waals surface area contributed by atoms with Gasteiger partial charge in [0.05, 0.1) is 12.8 Å². The molecular formula is C30H37N5O4. The van der Waals surface area contributed by atoms with Crippen molar-refractivity contribution in [2.75, 3.05) is 33.3 Å². The number of aryl methyl sites for hydroxylation is 1. The van der Waals surface area contributed by atoms with Crippen LogP contribution in [0.1, 0.15) is 58.6 Å². The minimum absolute atomic E-state index is 0.145. The van der Waals surface area contributed by atoms with E-state index in [1.807, 2.05) is 29.2 Å². The number of piperazine rings is 1. The van der Waals surface area contributed by atoms with E-state index in [1.165, 1.54) is 5.56 Å². The molecule has 39 heavy (non-hydrogen) atoms. The van der Waals surface area contributed by atoms with Crippen LogP contribution in [-0.4, -0.2) is 64.7 Å². The number of benzene rings is 2. The monoisotopic (exact) mass is 531 g/mol. The van der Waals surface area contributed by atoms with Crippen LogP contribution >= 0.6 is 0 Å². The number of hydrogen-bond donors (Lipinski definition) is 1. The summed E-state index contributed by atoms with van der Waals surface area (Å²) in [4.78, 5) is 28.7. The summed E-state index contributed by atoms with van der Waals surface area (Å²) in [5, 5.41) is 7.49. The van der Waals surface area contributed by atoms with Gasteiger partial charge in [0, 0.05) is 64.7 Å². The highest BCUT2D eigenvalue weighted by Crippen LogP contribution is 2.39. The second kappa shape index (κ2) is 11.9. The van der Waals surface area contributed by atoms with Gasteiger partial charge in [0.25, 0.3) is 5.91 Å². The number of carbonyl (C=O) groups is 2. The molecule has 2 aliphatic rings. The number of para-hydroxylation sites is 1. The van der Waals surface area contributed by atoms with Crippen molar-refractivity contribution in [1.82, 2.24) is 24.9 Å². The van der Waals surface area contributed by atoms with Gasteiger partial charge in [0.1, 0.15) is 12.3 Å². The van der Waals surface area contributed by atoms with Crippen LogP contribution in [0.5, 0.6) is 11.5 Å². The van der Waals surface area contributed by atoms with Crippen molar-refractivity contribution < 1.29 is 19.1 Å². The van der Waals surface area contributed by atoms with Crippen LogP contribution in [0.4, 0.5) is 0 Å². The number of rotatable bonds is 10. The highest BCUT2D eigenvalue weighted by Gasteiger charge is 2.28. The summed E-state index contributed by atoms with van der Waals surface area (Å²) in [6.07, 6.45) is 2.29. The fourth-order valence-electron chi connectivity index (χ4n) is 5.05. The van der Waals surface area contributed by atoms with Crippen LogP contribution in [0.15, 0.2) is 48.5 Å². The van der Waals surface area contributed by atoms with Crippen molar-refractivity contribution in [3.8, 4) is 11.5 Å². The molecule has 1 aliphatic carbocycles. The molecule has 0 bridgehead atoms. The summed E-state index contributed by atoms with van der Waals surface area (Å²) in [5.74, 6) is 1.72. The first-order valence-corrected chi connectivity index (χ1v) is 13.6. The predicted molar refractivity (Wildman–Crippen MR) is 148 cm³/mol. The van der Waals surface area contributed by atoms with E-state index in [0.717, 1.165) is 62.4 Å². The summed E-state index contributed by atoms with van der Waals surface area (Å²) < 4.78 is 13.5. The molecule has 1 N–H and O–H groups in total. The number of nitrogens with zero attached hydrogens (tertiary/aromatic N) is 4. The number of carbonyl (C=O) groups excluding carboxylic acids is 2. The summed E-state index contributed by atoms with van der Waals surface area (Å²) in [7, 11) is 3.42. The smallest absolute Gasteiger partial charge is 0.269 e. The number of hydrogen-bond acceptors (Lipinski definition) is 6. The maximum Gasteiger partial charge on any atom is 0.269 e. The lowest BCUT2D eigenvalue weighted by atomic mass is 10.1. The van der Waals surface area contributed by atoms with Crippen molar-refractivity contribution in [2.45, 2.75) is 45.4 Å². The highest BCUT2D eigenvalue weighted by atomic mass is 16.5. The van der Waals surface area contributed by atoms with Crippen molar-refractivity contribution in [1.29, 1.82) is 0 Å². The zero-order valence-electron chi connectivity index (χ0n) is 23.0. The van der Waals surface area contributed by atoms with Gasteiger partial charge in [-0.2, -0.15) is 5.10 Å². The molecule has 3 aromatic rings. The third kappa shape index (κ3) is 6.60. The number of ether oxygens (including phenoxy) is 2. The lowest BCUT2D eigenvalue weighted by Crippen LogP contribution is -2.47. The quantitative estimate of drug-likeness (QED) is 0.431. The van der Waals surface area contributed by atoms with Gasteiger partial charge >= 0.3 is 0 Å². The molecule has 1 saturated carbocycles. The van der Waals surface area contributed by atoms with E-state index in [2.05, 4.69) is 39.6 Å². The number of nitrogens with one attached hydrogen (secondary N) is 1. The van der Waals surface area contributed by atoms with Gasteiger partial charge < -0.3 is 19.7 Å². The predicted octanol–water partition coefficient (Wildman–Crippen LogP) is 3.48. The minimum atomic E-state index is -0.162. The molecule has 206 valence electrons. The number of methoxy groups -OCH3 is 1. The fraction of sp³-hybridized carbons (Fsp3) is 0.433. The van der Waals surface area contributed by atoms with Crippen molar-refractivity contribution in [3.05, 3.63) is 76.6 Å². The normalized spacial score (nSPS) is 15.7. The highest BCUT2D eigenvalue weighted by molar-refractivity contribution is 5.92. The number of aromatic nitrogens is 2. The molecular weight excluding hydrogens is 494 g/mol.